The van der Waals surface area contributed by atoms with Crippen LogP contribution in [0.3, 0.4) is 0 Å². The molecule has 1 aromatic heterocycles. The molecule has 138 valence electrons. The SMILES string of the molecule is Cn1nccc1-c1ccc2c(c1)CN([C@H](CN)Cc1cccc(F)c1)C2=O. The number of hydrogen-bond donors (Lipinski definition) is 1. The van der Waals surface area contributed by atoms with Gasteiger partial charge in [-0.3, -0.25) is 9.48 Å². The molecule has 6 heteroatoms. The lowest BCUT2D eigenvalue weighted by Gasteiger charge is -2.26. The predicted octanol–water partition coefficient (Wildman–Crippen LogP) is 2.75. The third-order valence-corrected chi connectivity index (χ3v) is 5.13. The molecule has 2 aromatic carbocycles. The van der Waals surface area contributed by atoms with Crippen molar-refractivity contribution in [3.8, 4) is 11.3 Å². The number of nitrogens with two attached hydrogens (primary N) is 1. The minimum atomic E-state index is -0.278. The fourth-order valence-electron chi connectivity index (χ4n) is 3.71. The summed E-state index contributed by atoms with van der Waals surface area (Å²) in [5, 5.41) is 4.20. The largest absolute Gasteiger partial charge is 0.330 e. The van der Waals surface area contributed by atoms with Crippen LogP contribution in [0.5, 0.6) is 0 Å². The van der Waals surface area contributed by atoms with E-state index >= 15 is 0 Å². The first-order valence-electron chi connectivity index (χ1n) is 8.93. The first kappa shape index (κ1) is 17.4. The summed E-state index contributed by atoms with van der Waals surface area (Å²) < 4.78 is 15.3. The van der Waals surface area contributed by atoms with Crippen molar-refractivity contribution in [2.75, 3.05) is 6.54 Å². The van der Waals surface area contributed by atoms with Gasteiger partial charge in [0.05, 0.1) is 5.69 Å². The van der Waals surface area contributed by atoms with Crippen LogP contribution in [0.15, 0.2) is 54.7 Å². The molecule has 0 fully saturated rings. The van der Waals surface area contributed by atoms with E-state index in [1.807, 2.05) is 42.1 Å². The highest BCUT2D eigenvalue weighted by atomic mass is 19.1. The lowest BCUT2D eigenvalue weighted by atomic mass is 10.0. The molecule has 1 amide bonds. The summed E-state index contributed by atoms with van der Waals surface area (Å²) in [5.41, 5.74) is 10.5. The molecule has 0 spiro atoms. The van der Waals surface area contributed by atoms with E-state index < -0.39 is 0 Å². The molecule has 0 saturated carbocycles. The maximum absolute atomic E-state index is 13.5. The zero-order valence-corrected chi connectivity index (χ0v) is 15.1. The first-order valence-corrected chi connectivity index (χ1v) is 8.93. The molecule has 0 aliphatic carbocycles. The molecule has 0 bridgehead atoms. The van der Waals surface area contributed by atoms with Gasteiger partial charge in [0.15, 0.2) is 0 Å². The number of amides is 1. The van der Waals surface area contributed by atoms with Crippen LogP contribution in [0.25, 0.3) is 11.3 Å². The number of halogens is 1. The number of carbonyl (C=O) groups is 1. The summed E-state index contributed by atoms with van der Waals surface area (Å²) in [6, 6.07) is 14.1. The molecular weight excluding hydrogens is 343 g/mol. The van der Waals surface area contributed by atoms with E-state index in [2.05, 4.69) is 5.10 Å². The van der Waals surface area contributed by atoms with Crippen LogP contribution in [0.2, 0.25) is 0 Å². The standard InChI is InChI=1S/C21H21FN4O/c1-25-20(7-8-24-25)15-5-6-19-16(11-15)13-26(21(19)27)18(12-23)10-14-3-2-4-17(22)9-14/h2-9,11,18H,10,12-13,23H2,1H3/t18-/m0/s1. The molecule has 2 heterocycles. The summed E-state index contributed by atoms with van der Waals surface area (Å²) in [6.07, 6.45) is 2.28. The summed E-state index contributed by atoms with van der Waals surface area (Å²) in [6.45, 7) is 0.835. The maximum atomic E-state index is 13.5. The fourth-order valence-corrected chi connectivity index (χ4v) is 3.71. The summed E-state index contributed by atoms with van der Waals surface area (Å²) in [7, 11) is 1.89. The smallest absolute Gasteiger partial charge is 0.254 e. The van der Waals surface area contributed by atoms with Crippen LogP contribution in [0, 0.1) is 5.82 Å². The highest BCUT2D eigenvalue weighted by Gasteiger charge is 2.32. The second kappa shape index (κ2) is 6.96. The zero-order chi connectivity index (χ0) is 19.0. The topological polar surface area (TPSA) is 64.2 Å². The number of nitrogens with zero attached hydrogens (tertiary/aromatic N) is 3. The lowest BCUT2D eigenvalue weighted by molar-refractivity contribution is 0.0708. The molecule has 2 N–H and O–H groups in total. The average molecular weight is 364 g/mol. The lowest BCUT2D eigenvalue weighted by Crippen LogP contribution is -2.42. The minimum absolute atomic E-state index is 0.0200. The Kier molecular flexibility index (Phi) is 4.49. The van der Waals surface area contributed by atoms with Crippen molar-refractivity contribution in [3.05, 3.63) is 77.2 Å². The molecule has 0 radical (unpaired) electrons. The van der Waals surface area contributed by atoms with E-state index in [0.717, 1.165) is 22.4 Å². The van der Waals surface area contributed by atoms with Crippen molar-refractivity contribution in [1.29, 1.82) is 0 Å². The van der Waals surface area contributed by atoms with Crippen molar-refractivity contribution in [3.63, 3.8) is 0 Å². The van der Waals surface area contributed by atoms with Crippen LogP contribution >= 0.6 is 0 Å². The Morgan fingerprint density at radius 1 is 1.22 bits per heavy atom. The molecule has 27 heavy (non-hydrogen) atoms. The predicted molar refractivity (Wildman–Crippen MR) is 101 cm³/mol. The third-order valence-electron chi connectivity index (χ3n) is 5.13. The Morgan fingerprint density at radius 2 is 2.07 bits per heavy atom. The number of carbonyl (C=O) groups excluding carboxylic acids is 1. The van der Waals surface area contributed by atoms with Gasteiger partial charge in [0.1, 0.15) is 5.82 Å². The van der Waals surface area contributed by atoms with Crippen molar-refractivity contribution < 1.29 is 9.18 Å². The van der Waals surface area contributed by atoms with Gasteiger partial charge < -0.3 is 10.6 Å². The monoisotopic (exact) mass is 364 g/mol. The molecular formula is C21H21FN4O. The van der Waals surface area contributed by atoms with E-state index in [4.69, 9.17) is 5.73 Å². The van der Waals surface area contributed by atoms with Gasteiger partial charge in [-0.05, 0) is 47.9 Å². The van der Waals surface area contributed by atoms with Crippen LogP contribution in [-0.4, -0.2) is 33.2 Å². The van der Waals surface area contributed by atoms with E-state index in [1.165, 1.54) is 12.1 Å². The van der Waals surface area contributed by atoms with E-state index in [-0.39, 0.29) is 17.8 Å². The molecule has 3 aromatic rings. The number of rotatable bonds is 5. The molecule has 4 rings (SSSR count). The minimum Gasteiger partial charge on any atom is -0.330 e. The van der Waals surface area contributed by atoms with Crippen LogP contribution < -0.4 is 5.73 Å². The Hall–Kier alpha value is -2.99. The van der Waals surface area contributed by atoms with Crippen molar-refractivity contribution >= 4 is 5.91 Å². The van der Waals surface area contributed by atoms with Crippen molar-refractivity contribution in [2.24, 2.45) is 12.8 Å². The molecule has 5 nitrogen and oxygen atoms in total. The van der Waals surface area contributed by atoms with E-state index in [0.29, 0.717) is 25.1 Å². The highest BCUT2D eigenvalue weighted by molar-refractivity contribution is 5.99. The van der Waals surface area contributed by atoms with Gasteiger partial charge in [-0.1, -0.05) is 18.2 Å². The van der Waals surface area contributed by atoms with Gasteiger partial charge in [-0.25, -0.2) is 4.39 Å². The summed E-state index contributed by atoms with van der Waals surface area (Å²) >= 11 is 0. The molecule has 1 aliphatic rings. The van der Waals surface area contributed by atoms with Gasteiger partial charge in [0.25, 0.3) is 5.91 Å². The van der Waals surface area contributed by atoms with Crippen LogP contribution in [-0.2, 0) is 20.0 Å². The quantitative estimate of drug-likeness (QED) is 0.757. The third kappa shape index (κ3) is 3.24. The highest BCUT2D eigenvalue weighted by Crippen LogP contribution is 2.30. The van der Waals surface area contributed by atoms with Crippen LogP contribution in [0.1, 0.15) is 21.5 Å². The summed E-state index contributed by atoms with van der Waals surface area (Å²) in [4.78, 5) is 14.7. The second-order valence-corrected chi connectivity index (χ2v) is 6.87. The van der Waals surface area contributed by atoms with Crippen molar-refractivity contribution in [2.45, 2.75) is 19.0 Å². The van der Waals surface area contributed by atoms with E-state index in [9.17, 15) is 9.18 Å². The van der Waals surface area contributed by atoms with Gasteiger partial charge in [0, 0.05) is 43.5 Å². The number of fused-ring (bicyclic) bond motifs is 1. The molecule has 1 atom stereocenters. The maximum Gasteiger partial charge on any atom is 0.254 e. The van der Waals surface area contributed by atoms with Gasteiger partial charge in [-0.2, -0.15) is 5.10 Å². The van der Waals surface area contributed by atoms with Gasteiger partial charge in [-0.15, -0.1) is 0 Å². The van der Waals surface area contributed by atoms with Gasteiger partial charge >= 0.3 is 0 Å². The first-order chi connectivity index (χ1) is 13.1. The molecule has 0 unspecified atom stereocenters. The Bertz CT molecular complexity index is 997. The molecule has 0 saturated heterocycles. The molecule has 1 aliphatic heterocycles. The second-order valence-electron chi connectivity index (χ2n) is 6.87. The van der Waals surface area contributed by atoms with Gasteiger partial charge in [0.2, 0.25) is 0 Å². The summed E-state index contributed by atoms with van der Waals surface area (Å²) in [5.74, 6) is -0.298. The number of benzene rings is 2. The number of hydrogen-bond acceptors (Lipinski definition) is 3. The number of aryl methyl sites for hydroxylation is 1. The normalized spacial score (nSPS) is 14.5. The van der Waals surface area contributed by atoms with E-state index in [1.54, 1.807) is 17.2 Å². The Balaban J connectivity index is 1.59. The van der Waals surface area contributed by atoms with Crippen LogP contribution in [0.4, 0.5) is 4.39 Å². The average Bonchev–Trinajstić information content (AvgIpc) is 3.23. The zero-order valence-electron chi connectivity index (χ0n) is 15.1. The van der Waals surface area contributed by atoms with Crippen molar-refractivity contribution in [1.82, 2.24) is 14.7 Å². The fraction of sp³-hybridized carbons (Fsp3) is 0.238. The Morgan fingerprint density at radius 3 is 2.78 bits per heavy atom. The Labute approximate surface area is 157 Å². The number of aromatic nitrogens is 2.